The van der Waals surface area contributed by atoms with Crippen LogP contribution in [0.25, 0.3) is 5.76 Å². The Morgan fingerprint density at radius 1 is 1.00 bits per heavy atom. The number of hydrogen-bond donors (Lipinski definition) is 1. The van der Waals surface area contributed by atoms with Crippen molar-refractivity contribution in [1.82, 2.24) is 0 Å². The third-order valence-electron chi connectivity index (χ3n) is 5.33. The van der Waals surface area contributed by atoms with Crippen LogP contribution >= 0.6 is 0 Å². The van der Waals surface area contributed by atoms with Gasteiger partial charge < -0.3 is 9.84 Å². The van der Waals surface area contributed by atoms with E-state index in [4.69, 9.17) is 4.74 Å². The van der Waals surface area contributed by atoms with Crippen LogP contribution in [0.4, 0.5) is 14.5 Å². The lowest BCUT2D eigenvalue weighted by Crippen LogP contribution is -2.30. The Hall–Kier alpha value is -4.00. The fourth-order valence-electron chi connectivity index (χ4n) is 3.81. The van der Waals surface area contributed by atoms with E-state index in [1.165, 1.54) is 19.2 Å². The molecule has 1 amide bonds. The zero-order chi connectivity index (χ0) is 23.0. The zero-order valence-corrected chi connectivity index (χ0v) is 17.3. The first-order chi connectivity index (χ1) is 15.3. The molecule has 1 heterocycles. The molecule has 162 valence electrons. The Bertz CT molecular complexity index is 1250. The van der Waals surface area contributed by atoms with Crippen molar-refractivity contribution in [2.75, 3.05) is 12.0 Å². The topological polar surface area (TPSA) is 66.8 Å². The van der Waals surface area contributed by atoms with Gasteiger partial charge in [-0.05, 0) is 48.9 Å². The van der Waals surface area contributed by atoms with Gasteiger partial charge in [0.25, 0.3) is 11.7 Å². The number of hydrogen-bond acceptors (Lipinski definition) is 4. The number of amides is 1. The largest absolute Gasteiger partial charge is 0.507 e. The van der Waals surface area contributed by atoms with Crippen molar-refractivity contribution in [2.45, 2.75) is 13.0 Å². The van der Waals surface area contributed by atoms with E-state index in [2.05, 4.69) is 0 Å². The number of nitrogens with zero attached hydrogens (tertiary/aromatic N) is 1. The minimum atomic E-state index is -1.15. The van der Waals surface area contributed by atoms with E-state index in [-0.39, 0.29) is 16.8 Å². The van der Waals surface area contributed by atoms with E-state index in [1.807, 2.05) is 13.0 Å². The Labute approximate surface area is 183 Å². The fraction of sp³-hybridized carbons (Fsp3) is 0.120. The van der Waals surface area contributed by atoms with E-state index < -0.39 is 35.1 Å². The Morgan fingerprint density at radius 3 is 2.38 bits per heavy atom. The van der Waals surface area contributed by atoms with Crippen LogP contribution in [-0.4, -0.2) is 23.9 Å². The average Bonchev–Trinajstić information content (AvgIpc) is 3.05. The number of Topliss-reactive ketones (excluding diaryl/α,β-unsaturated/α-hetero) is 1. The highest BCUT2D eigenvalue weighted by molar-refractivity contribution is 6.51. The molecule has 0 aromatic heterocycles. The van der Waals surface area contributed by atoms with Gasteiger partial charge in [-0.1, -0.05) is 29.8 Å². The van der Waals surface area contributed by atoms with Crippen molar-refractivity contribution in [2.24, 2.45) is 0 Å². The third-order valence-corrected chi connectivity index (χ3v) is 5.33. The minimum Gasteiger partial charge on any atom is -0.507 e. The van der Waals surface area contributed by atoms with Gasteiger partial charge in [-0.15, -0.1) is 0 Å². The predicted molar refractivity (Wildman–Crippen MR) is 115 cm³/mol. The fourth-order valence-corrected chi connectivity index (χ4v) is 3.81. The smallest absolute Gasteiger partial charge is 0.300 e. The number of carbonyl (C=O) groups excluding carboxylic acids is 2. The van der Waals surface area contributed by atoms with E-state index in [9.17, 15) is 23.5 Å². The van der Waals surface area contributed by atoms with Crippen LogP contribution in [0.15, 0.2) is 72.3 Å². The molecule has 1 saturated heterocycles. The molecule has 1 fully saturated rings. The second kappa shape index (κ2) is 8.26. The van der Waals surface area contributed by atoms with Crippen LogP contribution in [0, 0.1) is 18.6 Å². The number of aliphatic hydroxyl groups excluding tert-OH is 1. The number of ketones is 1. The van der Waals surface area contributed by atoms with E-state index in [0.717, 1.165) is 28.7 Å². The number of halogens is 2. The summed E-state index contributed by atoms with van der Waals surface area (Å²) in [6.45, 7) is 1.82. The quantitative estimate of drug-likeness (QED) is 0.359. The van der Waals surface area contributed by atoms with E-state index in [1.54, 1.807) is 30.3 Å². The van der Waals surface area contributed by atoms with Gasteiger partial charge in [0.15, 0.2) is 0 Å². The van der Waals surface area contributed by atoms with Gasteiger partial charge in [0.05, 0.1) is 24.4 Å². The third kappa shape index (κ3) is 3.62. The summed E-state index contributed by atoms with van der Waals surface area (Å²) in [5.74, 6) is -3.56. The second-order valence-electron chi connectivity index (χ2n) is 7.41. The zero-order valence-electron chi connectivity index (χ0n) is 17.3. The van der Waals surface area contributed by atoms with Crippen molar-refractivity contribution in [3.8, 4) is 5.75 Å². The maximum Gasteiger partial charge on any atom is 0.300 e. The number of aryl methyl sites for hydroxylation is 1. The van der Waals surface area contributed by atoms with Crippen LogP contribution in [0.2, 0.25) is 0 Å². The monoisotopic (exact) mass is 435 g/mol. The number of aliphatic hydroxyl groups is 1. The highest BCUT2D eigenvalue weighted by Crippen LogP contribution is 2.43. The normalized spacial score (nSPS) is 17.6. The molecular weight excluding hydrogens is 416 g/mol. The highest BCUT2D eigenvalue weighted by Gasteiger charge is 2.47. The van der Waals surface area contributed by atoms with Crippen molar-refractivity contribution in [3.05, 3.63) is 101 Å². The lowest BCUT2D eigenvalue weighted by Gasteiger charge is -2.26. The van der Waals surface area contributed by atoms with Gasteiger partial charge in [0.2, 0.25) is 0 Å². The van der Waals surface area contributed by atoms with Crippen molar-refractivity contribution < 1.29 is 28.2 Å². The molecule has 4 rings (SSSR count). The summed E-state index contributed by atoms with van der Waals surface area (Å²) in [6.07, 6.45) is 0. The van der Waals surface area contributed by atoms with E-state index >= 15 is 0 Å². The molecule has 3 aromatic carbocycles. The second-order valence-corrected chi connectivity index (χ2v) is 7.41. The van der Waals surface area contributed by atoms with Gasteiger partial charge in [-0.25, -0.2) is 8.78 Å². The maximum atomic E-state index is 14.7. The number of methoxy groups -OCH3 is 1. The minimum absolute atomic E-state index is 0.213. The lowest BCUT2D eigenvalue weighted by molar-refractivity contribution is -0.132. The van der Waals surface area contributed by atoms with Gasteiger partial charge in [-0.3, -0.25) is 14.5 Å². The van der Waals surface area contributed by atoms with Crippen LogP contribution < -0.4 is 9.64 Å². The summed E-state index contributed by atoms with van der Waals surface area (Å²) < 4.78 is 33.7. The van der Waals surface area contributed by atoms with Gasteiger partial charge >= 0.3 is 0 Å². The van der Waals surface area contributed by atoms with Crippen molar-refractivity contribution in [1.29, 1.82) is 0 Å². The molecule has 32 heavy (non-hydrogen) atoms. The predicted octanol–water partition coefficient (Wildman–Crippen LogP) is 4.91. The Balaban J connectivity index is 1.96. The summed E-state index contributed by atoms with van der Waals surface area (Å²) >= 11 is 0. The molecule has 1 atom stereocenters. The molecule has 0 spiro atoms. The summed E-state index contributed by atoms with van der Waals surface area (Å²) in [4.78, 5) is 26.9. The van der Waals surface area contributed by atoms with Crippen molar-refractivity contribution >= 4 is 23.1 Å². The maximum absolute atomic E-state index is 14.7. The Kier molecular flexibility index (Phi) is 5.48. The molecule has 1 N–H and O–H groups in total. The number of rotatable bonds is 4. The molecule has 3 aromatic rings. The van der Waals surface area contributed by atoms with Gasteiger partial charge in [-0.2, -0.15) is 0 Å². The molecule has 1 aliphatic heterocycles. The molecule has 0 saturated carbocycles. The number of benzene rings is 3. The lowest BCUT2D eigenvalue weighted by atomic mass is 9.94. The molecule has 7 heteroatoms. The van der Waals surface area contributed by atoms with Crippen LogP contribution in [-0.2, 0) is 9.59 Å². The summed E-state index contributed by atoms with van der Waals surface area (Å²) in [7, 11) is 1.49. The summed E-state index contributed by atoms with van der Waals surface area (Å²) in [5.41, 5.74) is 0.989. The van der Waals surface area contributed by atoms with Crippen LogP contribution in [0.3, 0.4) is 0 Å². The Morgan fingerprint density at radius 2 is 1.72 bits per heavy atom. The van der Waals surface area contributed by atoms with Crippen molar-refractivity contribution in [3.63, 3.8) is 0 Å². The molecule has 0 bridgehead atoms. The first-order valence-corrected chi connectivity index (χ1v) is 9.79. The van der Waals surface area contributed by atoms with Gasteiger partial charge in [0, 0.05) is 11.6 Å². The molecule has 1 aliphatic rings. The summed E-state index contributed by atoms with van der Waals surface area (Å²) in [6, 6.07) is 14.7. The van der Waals surface area contributed by atoms with Gasteiger partial charge in [0.1, 0.15) is 23.1 Å². The first-order valence-electron chi connectivity index (χ1n) is 9.79. The first kappa shape index (κ1) is 21.2. The number of carbonyl (C=O) groups is 2. The molecule has 0 aliphatic carbocycles. The average molecular weight is 435 g/mol. The van der Waals surface area contributed by atoms with Crippen LogP contribution in [0.1, 0.15) is 22.7 Å². The standard InChI is InChI=1S/C25H19F2NO4/c1-14-4-3-5-16(12-14)22-21(23(29)15-6-9-18(32-2)10-7-15)24(30)25(31)28(22)20-13-17(26)8-11-19(20)27/h3-13,22,29H,1-2H3/b23-21+. The molecule has 5 nitrogen and oxygen atoms in total. The highest BCUT2D eigenvalue weighted by atomic mass is 19.1. The molecular formula is C25H19F2NO4. The number of ether oxygens (including phenoxy) is 1. The van der Waals surface area contributed by atoms with Crippen LogP contribution in [0.5, 0.6) is 5.75 Å². The molecule has 0 radical (unpaired) electrons. The number of anilines is 1. The summed E-state index contributed by atoms with van der Waals surface area (Å²) in [5, 5.41) is 11.0. The molecule has 1 unspecified atom stereocenters. The SMILES string of the molecule is COc1ccc(/C(O)=C2\C(=O)C(=O)N(c3cc(F)ccc3F)C2c2cccc(C)c2)cc1. The van der Waals surface area contributed by atoms with E-state index in [0.29, 0.717) is 11.3 Å².